The fourth-order valence-corrected chi connectivity index (χ4v) is 2.17. The van der Waals surface area contributed by atoms with Crippen LogP contribution in [0.2, 0.25) is 0 Å². The predicted octanol–water partition coefficient (Wildman–Crippen LogP) is 4.15. The maximum Gasteiger partial charge on any atom is 0.319 e. The molecule has 0 aliphatic heterocycles. The third kappa shape index (κ3) is 5.29. The van der Waals surface area contributed by atoms with Gasteiger partial charge in [-0.15, -0.1) is 0 Å². The summed E-state index contributed by atoms with van der Waals surface area (Å²) in [5.41, 5.74) is 1.88. The Hall–Kier alpha value is -2.56. The summed E-state index contributed by atoms with van der Waals surface area (Å²) in [5, 5.41) is 5.55. The third-order valence-electron chi connectivity index (χ3n) is 3.28. The normalized spacial score (nSPS) is 10.4. The molecule has 0 heterocycles. The molecular formula is C18H21FN2O2. The van der Waals surface area contributed by atoms with Gasteiger partial charge in [0.05, 0.1) is 6.54 Å². The molecule has 23 heavy (non-hydrogen) atoms. The molecule has 0 spiro atoms. The smallest absolute Gasteiger partial charge is 0.319 e. The number of anilines is 1. The van der Waals surface area contributed by atoms with E-state index in [-0.39, 0.29) is 18.5 Å². The Morgan fingerprint density at radius 2 is 1.96 bits per heavy atom. The minimum Gasteiger partial charge on any atom is -0.492 e. The molecule has 2 amide bonds. The summed E-state index contributed by atoms with van der Waals surface area (Å²) in [5.74, 6) is 0.415. The molecule has 2 aromatic carbocycles. The fraction of sp³-hybridized carbons (Fsp3) is 0.278. The zero-order valence-corrected chi connectivity index (χ0v) is 13.3. The highest BCUT2D eigenvalue weighted by molar-refractivity contribution is 5.90. The summed E-state index contributed by atoms with van der Waals surface area (Å²) in [7, 11) is 0. The van der Waals surface area contributed by atoms with Gasteiger partial charge < -0.3 is 15.4 Å². The number of halogens is 1. The highest BCUT2D eigenvalue weighted by atomic mass is 19.1. The quantitative estimate of drug-likeness (QED) is 0.787. The van der Waals surface area contributed by atoms with Crippen LogP contribution in [0.1, 0.15) is 25.3 Å². The average molecular weight is 316 g/mol. The summed E-state index contributed by atoms with van der Waals surface area (Å²) in [4.78, 5) is 11.9. The molecule has 0 aliphatic carbocycles. The van der Waals surface area contributed by atoms with Crippen LogP contribution in [-0.2, 0) is 0 Å². The second-order valence-corrected chi connectivity index (χ2v) is 5.43. The molecule has 0 aliphatic rings. The van der Waals surface area contributed by atoms with E-state index in [0.717, 1.165) is 11.3 Å². The van der Waals surface area contributed by atoms with Gasteiger partial charge in [-0.05, 0) is 29.7 Å². The number of urea groups is 1. The van der Waals surface area contributed by atoms with Crippen molar-refractivity contribution in [2.75, 3.05) is 18.5 Å². The van der Waals surface area contributed by atoms with Crippen LogP contribution in [0.15, 0.2) is 48.5 Å². The summed E-state index contributed by atoms with van der Waals surface area (Å²) in [6, 6.07) is 13.3. The standard InChI is InChI=1S/C18H21FN2O2/c1-13(2)16-8-3-4-9-17(16)21-18(22)20-10-11-23-15-7-5-6-14(19)12-15/h3-9,12-13H,10-11H2,1-2H3,(H2,20,21,22). The van der Waals surface area contributed by atoms with Crippen molar-refractivity contribution in [2.45, 2.75) is 19.8 Å². The second-order valence-electron chi connectivity index (χ2n) is 5.43. The van der Waals surface area contributed by atoms with Crippen LogP contribution in [-0.4, -0.2) is 19.2 Å². The van der Waals surface area contributed by atoms with E-state index in [2.05, 4.69) is 24.5 Å². The Morgan fingerprint density at radius 1 is 1.17 bits per heavy atom. The molecule has 0 atom stereocenters. The van der Waals surface area contributed by atoms with E-state index in [0.29, 0.717) is 18.2 Å². The Labute approximate surface area is 135 Å². The van der Waals surface area contributed by atoms with Gasteiger partial charge in [-0.3, -0.25) is 0 Å². The molecule has 0 bridgehead atoms. The zero-order chi connectivity index (χ0) is 16.7. The Balaban J connectivity index is 1.77. The maximum absolute atomic E-state index is 13.0. The minimum absolute atomic E-state index is 0.267. The summed E-state index contributed by atoms with van der Waals surface area (Å²) < 4.78 is 18.4. The van der Waals surface area contributed by atoms with Crippen molar-refractivity contribution < 1.29 is 13.9 Å². The number of amides is 2. The first-order valence-electron chi connectivity index (χ1n) is 7.58. The van der Waals surface area contributed by atoms with Crippen molar-refractivity contribution in [2.24, 2.45) is 0 Å². The zero-order valence-electron chi connectivity index (χ0n) is 13.3. The fourth-order valence-electron chi connectivity index (χ4n) is 2.17. The van der Waals surface area contributed by atoms with Gasteiger partial charge in [0.15, 0.2) is 0 Å². The lowest BCUT2D eigenvalue weighted by molar-refractivity contribution is 0.247. The monoisotopic (exact) mass is 316 g/mol. The van der Waals surface area contributed by atoms with Crippen LogP contribution in [0.4, 0.5) is 14.9 Å². The van der Waals surface area contributed by atoms with E-state index in [4.69, 9.17) is 4.74 Å². The number of rotatable bonds is 6. The van der Waals surface area contributed by atoms with Crippen molar-refractivity contribution in [1.29, 1.82) is 0 Å². The molecule has 0 radical (unpaired) electrons. The number of para-hydroxylation sites is 1. The number of ether oxygens (including phenoxy) is 1. The lowest BCUT2D eigenvalue weighted by atomic mass is 10.0. The van der Waals surface area contributed by atoms with Gasteiger partial charge in [-0.2, -0.15) is 0 Å². The Morgan fingerprint density at radius 3 is 2.70 bits per heavy atom. The van der Waals surface area contributed by atoms with Gasteiger partial charge in [0.2, 0.25) is 0 Å². The number of benzene rings is 2. The highest BCUT2D eigenvalue weighted by Gasteiger charge is 2.08. The van der Waals surface area contributed by atoms with Crippen molar-refractivity contribution in [3.63, 3.8) is 0 Å². The molecule has 5 heteroatoms. The lowest BCUT2D eigenvalue weighted by Gasteiger charge is -2.14. The molecule has 2 N–H and O–H groups in total. The molecule has 0 fully saturated rings. The van der Waals surface area contributed by atoms with Gasteiger partial charge >= 0.3 is 6.03 Å². The van der Waals surface area contributed by atoms with E-state index >= 15 is 0 Å². The number of nitrogens with one attached hydrogen (secondary N) is 2. The van der Waals surface area contributed by atoms with E-state index in [1.54, 1.807) is 12.1 Å². The van der Waals surface area contributed by atoms with Crippen LogP contribution < -0.4 is 15.4 Å². The van der Waals surface area contributed by atoms with E-state index in [9.17, 15) is 9.18 Å². The average Bonchev–Trinajstić information content (AvgIpc) is 2.52. The molecule has 0 unspecified atom stereocenters. The lowest BCUT2D eigenvalue weighted by Crippen LogP contribution is -2.32. The molecule has 122 valence electrons. The number of hydrogen-bond donors (Lipinski definition) is 2. The number of carbonyl (C=O) groups excluding carboxylic acids is 1. The van der Waals surface area contributed by atoms with Gasteiger partial charge in [-0.25, -0.2) is 9.18 Å². The topological polar surface area (TPSA) is 50.4 Å². The van der Waals surface area contributed by atoms with Gasteiger partial charge in [0.25, 0.3) is 0 Å². The van der Waals surface area contributed by atoms with E-state index in [1.807, 2.05) is 24.3 Å². The molecule has 2 aromatic rings. The van der Waals surface area contributed by atoms with Crippen molar-refractivity contribution in [1.82, 2.24) is 5.32 Å². The van der Waals surface area contributed by atoms with Crippen LogP contribution in [0.5, 0.6) is 5.75 Å². The van der Waals surface area contributed by atoms with Crippen LogP contribution in [0.25, 0.3) is 0 Å². The molecule has 0 saturated carbocycles. The first-order chi connectivity index (χ1) is 11.1. The molecular weight excluding hydrogens is 295 g/mol. The summed E-state index contributed by atoms with van der Waals surface area (Å²) in [6.45, 7) is 4.74. The number of hydrogen-bond acceptors (Lipinski definition) is 2. The molecule has 0 saturated heterocycles. The maximum atomic E-state index is 13.0. The second kappa shape index (κ2) is 8.17. The highest BCUT2D eigenvalue weighted by Crippen LogP contribution is 2.23. The largest absolute Gasteiger partial charge is 0.492 e. The third-order valence-corrected chi connectivity index (χ3v) is 3.28. The molecule has 0 aromatic heterocycles. The van der Waals surface area contributed by atoms with Gasteiger partial charge in [0, 0.05) is 11.8 Å². The summed E-state index contributed by atoms with van der Waals surface area (Å²) in [6.07, 6.45) is 0. The van der Waals surface area contributed by atoms with E-state index < -0.39 is 0 Å². The first kappa shape index (κ1) is 16.8. The predicted molar refractivity (Wildman–Crippen MR) is 89.4 cm³/mol. The van der Waals surface area contributed by atoms with Crippen LogP contribution >= 0.6 is 0 Å². The summed E-state index contributed by atoms with van der Waals surface area (Å²) >= 11 is 0. The van der Waals surface area contributed by atoms with Gasteiger partial charge in [-0.1, -0.05) is 38.1 Å². The van der Waals surface area contributed by atoms with Crippen LogP contribution in [0.3, 0.4) is 0 Å². The minimum atomic E-state index is -0.349. The molecule has 4 nitrogen and oxygen atoms in total. The van der Waals surface area contributed by atoms with Gasteiger partial charge in [0.1, 0.15) is 18.2 Å². The SMILES string of the molecule is CC(C)c1ccccc1NC(=O)NCCOc1cccc(F)c1. The van der Waals surface area contributed by atoms with Crippen molar-refractivity contribution >= 4 is 11.7 Å². The Kier molecular flexibility index (Phi) is 5.97. The Bertz CT molecular complexity index is 659. The number of carbonyl (C=O) groups is 1. The first-order valence-corrected chi connectivity index (χ1v) is 7.58. The van der Waals surface area contributed by atoms with Crippen molar-refractivity contribution in [3.05, 3.63) is 59.9 Å². The molecule has 2 rings (SSSR count). The van der Waals surface area contributed by atoms with Crippen molar-refractivity contribution in [3.8, 4) is 5.75 Å². The van der Waals surface area contributed by atoms with E-state index in [1.165, 1.54) is 12.1 Å². The van der Waals surface area contributed by atoms with Crippen LogP contribution in [0, 0.1) is 5.82 Å².